The van der Waals surface area contributed by atoms with Gasteiger partial charge < -0.3 is 10.7 Å². The van der Waals surface area contributed by atoms with Crippen molar-refractivity contribution in [1.29, 1.82) is 0 Å². The zero-order valence-electron chi connectivity index (χ0n) is 9.98. The predicted molar refractivity (Wildman–Crippen MR) is 84.6 cm³/mol. The fraction of sp³-hybridized carbons (Fsp3) is 0. The summed E-state index contributed by atoms with van der Waals surface area (Å²) in [4.78, 5) is 3.76. The van der Waals surface area contributed by atoms with E-state index in [1.165, 1.54) is 0 Å². The number of para-hydroxylation sites is 1. The summed E-state index contributed by atoms with van der Waals surface area (Å²) in [5.41, 5.74) is 9.74. The number of hydrogen-bond donors (Lipinski definition) is 2. The molecule has 0 amide bonds. The average Bonchev–Trinajstić information content (AvgIpc) is 2.78. The van der Waals surface area contributed by atoms with E-state index in [4.69, 9.17) is 29.6 Å². The van der Waals surface area contributed by atoms with E-state index in [0.29, 0.717) is 10.0 Å². The van der Waals surface area contributed by atoms with Gasteiger partial charge in [-0.3, -0.25) is 0 Å². The minimum absolute atomic E-state index is 0.391. The first kappa shape index (κ1) is 12.2. The zero-order chi connectivity index (χ0) is 13.4. The van der Waals surface area contributed by atoms with Gasteiger partial charge in [0.05, 0.1) is 5.69 Å². The predicted octanol–water partition coefficient (Wildman–Crippen LogP) is 4.12. The molecule has 0 aliphatic rings. The smallest absolute Gasteiger partial charge is 0.106 e. The summed E-state index contributed by atoms with van der Waals surface area (Å²) in [7, 11) is 0. The number of nitrogens with two attached hydrogens (primary N) is 1. The van der Waals surface area contributed by atoms with Gasteiger partial charge in [0, 0.05) is 21.5 Å². The molecule has 19 heavy (non-hydrogen) atoms. The summed E-state index contributed by atoms with van der Waals surface area (Å²) < 4.78 is 0. The summed E-state index contributed by atoms with van der Waals surface area (Å²) in [6.45, 7) is 0. The molecule has 4 heteroatoms. The maximum Gasteiger partial charge on any atom is 0.106 e. The van der Waals surface area contributed by atoms with Gasteiger partial charge in [-0.1, -0.05) is 54.2 Å². The second kappa shape index (κ2) is 4.68. The van der Waals surface area contributed by atoms with Crippen molar-refractivity contribution in [3.05, 3.63) is 59.1 Å². The van der Waals surface area contributed by atoms with Crippen LogP contribution in [0.5, 0.6) is 0 Å². The molecular formula is C15H11ClN2S. The van der Waals surface area contributed by atoms with Crippen LogP contribution in [0.25, 0.3) is 22.2 Å². The molecule has 3 aromatic rings. The number of benzene rings is 2. The molecule has 94 valence electrons. The van der Waals surface area contributed by atoms with Gasteiger partial charge in [-0.05, 0) is 23.8 Å². The Morgan fingerprint density at radius 3 is 2.42 bits per heavy atom. The molecule has 0 aliphatic carbocycles. The summed E-state index contributed by atoms with van der Waals surface area (Å²) in [5.74, 6) is 0. The molecule has 1 aromatic heterocycles. The number of halogens is 1. The molecule has 3 rings (SSSR count). The third-order valence-electron chi connectivity index (χ3n) is 3.09. The molecule has 0 unspecified atom stereocenters. The highest BCUT2D eigenvalue weighted by atomic mass is 35.5. The first-order valence-corrected chi connectivity index (χ1v) is 6.62. The van der Waals surface area contributed by atoms with Crippen molar-refractivity contribution in [1.82, 2.24) is 4.98 Å². The highest BCUT2D eigenvalue weighted by Crippen LogP contribution is 2.30. The van der Waals surface area contributed by atoms with E-state index in [0.717, 1.165) is 27.7 Å². The van der Waals surface area contributed by atoms with Crippen molar-refractivity contribution in [3.63, 3.8) is 0 Å². The minimum Gasteiger partial charge on any atom is -0.389 e. The van der Waals surface area contributed by atoms with E-state index in [1.807, 2.05) is 48.5 Å². The van der Waals surface area contributed by atoms with Gasteiger partial charge in [0.2, 0.25) is 0 Å². The summed E-state index contributed by atoms with van der Waals surface area (Å²) in [5, 5.41) is 1.75. The van der Waals surface area contributed by atoms with Gasteiger partial charge in [-0.15, -0.1) is 0 Å². The van der Waals surface area contributed by atoms with Crippen molar-refractivity contribution in [3.8, 4) is 11.3 Å². The molecule has 0 fully saturated rings. The molecular weight excluding hydrogens is 276 g/mol. The van der Waals surface area contributed by atoms with Gasteiger partial charge in [-0.25, -0.2) is 0 Å². The molecule has 0 radical (unpaired) electrons. The Kier molecular flexibility index (Phi) is 3.01. The van der Waals surface area contributed by atoms with Crippen LogP contribution in [0.4, 0.5) is 0 Å². The van der Waals surface area contributed by atoms with Crippen molar-refractivity contribution < 1.29 is 0 Å². The molecule has 0 saturated carbocycles. The molecule has 1 heterocycles. The summed E-state index contributed by atoms with van der Waals surface area (Å²) in [6.07, 6.45) is 0. The first-order valence-electron chi connectivity index (χ1n) is 5.83. The number of rotatable bonds is 2. The molecule has 2 aromatic carbocycles. The molecule has 0 aliphatic heterocycles. The van der Waals surface area contributed by atoms with Crippen LogP contribution in [0.15, 0.2) is 48.5 Å². The number of aromatic amines is 1. The van der Waals surface area contributed by atoms with Crippen LogP contribution in [0, 0.1) is 0 Å². The maximum absolute atomic E-state index is 5.92. The largest absolute Gasteiger partial charge is 0.389 e. The topological polar surface area (TPSA) is 41.8 Å². The van der Waals surface area contributed by atoms with Gasteiger partial charge in [0.15, 0.2) is 0 Å². The van der Waals surface area contributed by atoms with Crippen LogP contribution >= 0.6 is 23.8 Å². The molecule has 2 nitrogen and oxygen atoms in total. The van der Waals surface area contributed by atoms with E-state index in [9.17, 15) is 0 Å². The van der Waals surface area contributed by atoms with E-state index in [1.54, 1.807) is 0 Å². The molecule has 3 N–H and O–H groups in total. The monoisotopic (exact) mass is 286 g/mol. The van der Waals surface area contributed by atoms with Gasteiger partial charge in [-0.2, -0.15) is 0 Å². The SMILES string of the molecule is NC(=S)c1c(-c2ccc(Cl)cc2)[nH]c2ccccc12. The minimum atomic E-state index is 0.391. The lowest BCUT2D eigenvalue weighted by molar-refractivity contribution is 1.44. The van der Waals surface area contributed by atoms with Crippen LogP contribution in [0.2, 0.25) is 5.02 Å². The van der Waals surface area contributed by atoms with Crippen molar-refractivity contribution in [2.45, 2.75) is 0 Å². The third-order valence-corrected chi connectivity index (χ3v) is 3.54. The number of nitrogens with one attached hydrogen (secondary N) is 1. The van der Waals surface area contributed by atoms with Crippen LogP contribution in [-0.4, -0.2) is 9.97 Å². The Labute approximate surface area is 121 Å². The maximum atomic E-state index is 5.92. The number of hydrogen-bond acceptors (Lipinski definition) is 1. The fourth-order valence-corrected chi connectivity index (χ4v) is 2.57. The Morgan fingerprint density at radius 2 is 1.74 bits per heavy atom. The molecule has 0 saturated heterocycles. The fourth-order valence-electron chi connectivity index (χ4n) is 2.23. The number of aromatic nitrogens is 1. The number of thiocarbonyl (C=S) groups is 1. The Bertz CT molecular complexity index is 759. The molecule has 0 bridgehead atoms. The van der Waals surface area contributed by atoms with Crippen LogP contribution in [0.3, 0.4) is 0 Å². The lowest BCUT2D eigenvalue weighted by Crippen LogP contribution is -2.10. The van der Waals surface area contributed by atoms with Crippen LogP contribution < -0.4 is 5.73 Å². The van der Waals surface area contributed by atoms with Crippen molar-refractivity contribution in [2.24, 2.45) is 5.73 Å². The molecule has 0 atom stereocenters. The second-order valence-corrected chi connectivity index (χ2v) is 5.17. The summed E-state index contributed by atoms with van der Waals surface area (Å²) in [6, 6.07) is 15.6. The van der Waals surface area contributed by atoms with Crippen LogP contribution in [-0.2, 0) is 0 Å². The molecule has 0 spiro atoms. The Balaban J connectivity index is 2.31. The Hall–Kier alpha value is -1.84. The normalized spacial score (nSPS) is 10.8. The Morgan fingerprint density at radius 1 is 1.05 bits per heavy atom. The van der Waals surface area contributed by atoms with E-state index in [-0.39, 0.29) is 0 Å². The highest BCUT2D eigenvalue weighted by molar-refractivity contribution is 7.80. The van der Waals surface area contributed by atoms with E-state index >= 15 is 0 Å². The second-order valence-electron chi connectivity index (χ2n) is 4.29. The lowest BCUT2D eigenvalue weighted by atomic mass is 10.1. The van der Waals surface area contributed by atoms with Gasteiger partial charge in [0.25, 0.3) is 0 Å². The van der Waals surface area contributed by atoms with Gasteiger partial charge in [0.1, 0.15) is 4.99 Å². The third kappa shape index (κ3) is 2.11. The quantitative estimate of drug-likeness (QED) is 0.696. The lowest BCUT2D eigenvalue weighted by Gasteiger charge is -2.03. The number of fused-ring (bicyclic) bond motifs is 1. The first-order chi connectivity index (χ1) is 9.16. The van der Waals surface area contributed by atoms with Gasteiger partial charge >= 0.3 is 0 Å². The summed E-state index contributed by atoms with van der Waals surface area (Å²) >= 11 is 11.1. The van der Waals surface area contributed by atoms with Crippen LogP contribution in [0.1, 0.15) is 5.56 Å². The average molecular weight is 287 g/mol. The standard InChI is InChI=1S/C15H11ClN2S/c16-10-7-5-9(6-8-10)14-13(15(17)19)11-3-1-2-4-12(11)18-14/h1-8,18H,(H2,17,19). The zero-order valence-corrected chi connectivity index (χ0v) is 11.6. The number of H-pyrrole nitrogens is 1. The van der Waals surface area contributed by atoms with E-state index in [2.05, 4.69) is 4.98 Å². The van der Waals surface area contributed by atoms with Crippen molar-refractivity contribution >= 4 is 39.7 Å². The highest BCUT2D eigenvalue weighted by Gasteiger charge is 2.14. The van der Waals surface area contributed by atoms with E-state index < -0.39 is 0 Å². The van der Waals surface area contributed by atoms with Crippen molar-refractivity contribution in [2.75, 3.05) is 0 Å².